The Hall–Kier alpha value is -2.10. The van der Waals surface area contributed by atoms with Crippen molar-refractivity contribution in [3.63, 3.8) is 0 Å². The number of aliphatic carboxylic acids is 2. The third-order valence-corrected chi connectivity index (χ3v) is 5.98. The molecule has 0 aliphatic heterocycles. The fraction of sp³-hybridized carbons (Fsp3) is 0.783. The van der Waals surface area contributed by atoms with Crippen LogP contribution in [0.25, 0.3) is 0 Å². The van der Waals surface area contributed by atoms with Crippen LogP contribution in [0.15, 0.2) is 5.16 Å². The van der Waals surface area contributed by atoms with E-state index in [0.717, 1.165) is 12.2 Å². The van der Waals surface area contributed by atoms with E-state index in [-0.39, 0.29) is 12.8 Å². The van der Waals surface area contributed by atoms with Gasteiger partial charge in [0.25, 0.3) is 0 Å². The molecule has 0 spiro atoms. The number of carboxylic acid groups (broad SMARTS) is 2. The van der Waals surface area contributed by atoms with Crippen LogP contribution in [0.4, 0.5) is 11.9 Å². The number of unbranched alkanes of at least 4 members (excludes halogenated alkanes) is 9. The molecular formula is C23H41N5O4S. The van der Waals surface area contributed by atoms with Gasteiger partial charge in [-0.2, -0.15) is 15.0 Å². The normalized spacial score (nSPS) is 10.8. The van der Waals surface area contributed by atoms with Gasteiger partial charge in [0.05, 0.1) is 0 Å². The average Bonchev–Trinajstić information content (AvgIpc) is 2.78. The maximum Gasteiger partial charge on any atom is 0.303 e. The van der Waals surface area contributed by atoms with Gasteiger partial charge in [0.15, 0.2) is 5.16 Å². The molecule has 0 fully saturated rings. The zero-order valence-electron chi connectivity index (χ0n) is 20.0. The van der Waals surface area contributed by atoms with E-state index >= 15 is 0 Å². The molecule has 0 amide bonds. The summed E-state index contributed by atoms with van der Waals surface area (Å²) in [6.45, 7) is 3.16. The van der Waals surface area contributed by atoms with E-state index in [1.54, 1.807) is 11.8 Å². The minimum absolute atomic E-state index is 0.0821. The highest BCUT2D eigenvalue weighted by atomic mass is 32.2. The molecule has 1 aromatic heterocycles. The standard InChI is InChI=1S/C23H41N5O4S/c1-2-3-4-5-6-7-8-9-10-11-18-33-23-27-21(24-16-12-14-19(29)30)26-22(28-23)25-17-13-15-20(31)32/h2-18H2,1H3,(H,29,30)(H,31,32)(H2,24,25,26,27,28). The summed E-state index contributed by atoms with van der Waals surface area (Å²) in [6.07, 6.45) is 14.1. The number of nitrogens with one attached hydrogen (secondary N) is 2. The summed E-state index contributed by atoms with van der Waals surface area (Å²) >= 11 is 1.58. The van der Waals surface area contributed by atoms with Crippen molar-refractivity contribution in [3.05, 3.63) is 0 Å². The summed E-state index contributed by atoms with van der Waals surface area (Å²) in [5.41, 5.74) is 0. The minimum Gasteiger partial charge on any atom is -0.481 e. The van der Waals surface area contributed by atoms with E-state index in [2.05, 4.69) is 32.5 Å². The van der Waals surface area contributed by atoms with Gasteiger partial charge in [-0.3, -0.25) is 9.59 Å². The number of thioether (sulfide) groups is 1. The van der Waals surface area contributed by atoms with Crippen LogP contribution in [0, 0.1) is 0 Å². The molecule has 0 saturated carbocycles. The van der Waals surface area contributed by atoms with Crippen LogP contribution in [-0.4, -0.2) is 55.9 Å². The molecule has 0 unspecified atom stereocenters. The Bertz CT molecular complexity index is 638. The Morgan fingerprint density at radius 2 is 1.15 bits per heavy atom. The molecule has 0 atom stereocenters. The summed E-state index contributed by atoms with van der Waals surface area (Å²) in [4.78, 5) is 34.5. The zero-order valence-corrected chi connectivity index (χ0v) is 20.8. The van der Waals surface area contributed by atoms with Crippen molar-refractivity contribution < 1.29 is 19.8 Å². The van der Waals surface area contributed by atoms with Crippen LogP contribution in [0.2, 0.25) is 0 Å². The molecule has 0 saturated heterocycles. The molecule has 1 heterocycles. The Morgan fingerprint density at radius 3 is 1.61 bits per heavy atom. The highest BCUT2D eigenvalue weighted by molar-refractivity contribution is 7.99. The second-order valence-electron chi connectivity index (χ2n) is 8.14. The minimum atomic E-state index is -0.832. The summed E-state index contributed by atoms with van der Waals surface area (Å²) in [7, 11) is 0. The van der Waals surface area contributed by atoms with E-state index in [1.165, 1.54) is 57.8 Å². The van der Waals surface area contributed by atoms with Crippen molar-refractivity contribution in [1.82, 2.24) is 15.0 Å². The largest absolute Gasteiger partial charge is 0.481 e. The first-order valence-corrected chi connectivity index (χ1v) is 13.3. The number of carbonyl (C=O) groups is 2. The summed E-state index contributed by atoms with van der Waals surface area (Å²) in [5, 5.41) is 24.3. The first-order valence-electron chi connectivity index (χ1n) is 12.3. The Labute approximate surface area is 202 Å². The van der Waals surface area contributed by atoms with Crippen LogP contribution in [0.5, 0.6) is 0 Å². The zero-order chi connectivity index (χ0) is 24.2. The number of nitrogens with zero attached hydrogens (tertiary/aromatic N) is 3. The van der Waals surface area contributed by atoms with Crippen LogP contribution in [0.3, 0.4) is 0 Å². The average molecular weight is 484 g/mol. The van der Waals surface area contributed by atoms with Crippen molar-refractivity contribution in [2.24, 2.45) is 0 Å². The highest BCUT2D eigenvalue weighted by Gasteiger charge is 2.08. The van der Waals surface area contributed by atoms with E-state index in [9.17, 15) is 9.59 Å². The molecule has 0 aliphatic carbocycles. The lowest BCUT2D eigenvalue weighted by atomic mass is 10.1. The smallest absolute Gasteiger partial charge is 0.303 e. The highest BCUT2D eigenvalue weighted by Crippen LogP contribution is 2.19. The molecule has 1 rings (SSSR count). The number of carboxylic acids is 2. The monoisotopic (exact) mass is 483 g/mol. The lowest BCUT2D eigenvalue weighted by molar-refractivity contribution is -0.138. The van der Waals surface area contributed by atoms with E-state index in [1.807, 2.05) is 0 Å². The maximum absolute atomic E-state index is 10.7. The van der Waals surface area contributed by atoms with Crippen LogP contribution in [0.1, 0.15) is 96.8 Å². The van der Waals surface area contributed by atoms with Gasteiger partial charge in [-0.05, 0) is 19.3 Å². The summed E-state index contributed by atoms with van der Waals surface area (Å²) < 4.78 is 0. The number of hydrogen-bond acceptors (Lipinski definition) is 8. The van der Waals surface area contributed by atoms with Gasteiger partial charge in [0.2, 0.25) is 11.9 Å². The van der Waals surface area contributed by atoms with Gasteiger partial charge in [-0.15, -0.1) is 0 Å². The molecule has 0 radical (unpaired) electrons. The third-order valence-electron chi connectivity index (χ3n) is 5.05. The van der Waals surface area contributed by atoms with E-state index in [4.69, 9.17) is 10.2 Å². The molecule has 33 heavy (non-hydrogen) atoms. The Balaban J connectivity index is 2.38. The topological polar surface area (TPSA) is 137 Å². The molecule has 9 nitrogen and oxygen atoms in total. The number of rotatable bonds is 22. The second-order valence-corrected chi connectivity index (χ2v) is 9.21. The van der Waals surface area contributed by atoms with Crippen LogP contribution < -0.4 is 10.6 Å². The Morgan fingerprint density at radius 1 is 0.697 bits per heavy atom. The molecule has 0 aromatic carbocycles. The predicted molar refractivity (Wildman–Crippen MR) is 133 cm³/mol. The summed E-state index contributed by atoms with van der Waals surface area (Å²) in [6, 6.07) is 0. The molecule has 0 aliphatic rings. The quantitative estimate of drug-likeness (QED) is 0.125. The lowest BCUT2D eigenvalue weighted by Gasteiger charge is -2.10. The molecule has 10 heteroatoms. The van der Waals surface area contributed by atoms with Gasteiger partial charge < -0.3 is 20.8 Å². The molecular weight excluding hydrogens is 442 g/mol. The van der Waals surface area contributed by atoms with Crippen molar-refractivity contribution in [3.8, 4) is 0 Å². The summed E-state index contributed by atoms with van der Waals surface area (Å²) in [5.74, 6) is 0.0718. The molecule has 0 bridgehead atoms. The first-order chi connectivity index (χ1) is 16.0. The van der Waals surface area contributed by atoms with Gasteiger partial charge in [0, 0.05) is 31.7 Å². The second kappa shape index (κ2) is 19.4. The van der Waals surface area contributed by atoms with Crippen molar-refractivity contribution in [2.75, 3.05) is 29.5 Å². The SMILES string of the molecule is CCCCCCCCCCCCSc1nc(NCCCC(=O)O)nc(NCCCC(=O)O)n1. The number of hydrogen-bond donors (Lipinski definition) is 4. The first kappa shape index (κ1) is 28.9. The van der Waals surface area contributed by atoms with Crippen molar-refractivity contribution in [2.45, 2.75) is 102 Å². The van der Waals surface area contributed by atoms with Crippen molar-refractivity contribution in [1.29, 1.82) is 0 Å². The van der Waals surface area contributed by atoms with Crippen LogP contribution in [-0.2, 0) is 9.59 Å². The molecule has 1 aromatic rings. The molecule has 4 N–H and O–H groups in total. The number of aromatic nitrogens is 3. The molecule has 188 valence electrons. The van der Waals surface area contributed by atoms with Gasteiger partial charge in [0.1, 0.15) is 0 Å². The predicted octanol–water partition coefficient (Wildman–Crippen LogP) is 5.44. The maximum atomic E-state index is 10.7. The van der Waals surface area contributed by atoms with Crippen molar-refractivity contribution >= 4 is 35.6 Å². The van der Waals surface area contributed by atoms with Crippen LogP contribution >= 0.6 is 11.8 Å². The van der Waals surface area contributed by atoms with Gasteiger partial charge >= 0.3 is 11.9 Å². The van der Waals surface area contributed by atoms with E-state index in [0.29, 0.717) is 43.0 Å². The fourth-order valence-corrected chi connectivity index (χ4v) is 4.04. The van der Waals surface area contributed by atoms with Gasteiger partial charge in [-0.25, -0.2) is 0 Å². The number of anilines is 2. The third kappa shape index (κ3) is 17.1. The Kier molecular flexibility index (Phi) is 17.0. The fourth-order valence-electron chi connectivity index (χ4n) is 3.21. The van der Waals surface area contributed by atoms with Gasteiger partial charge in [-0.1, -0.05) is 76.5 Å². The van der Waals surface area contributed by atoms with E-state index < -0.39 is 11.9 Å². The lowest BCUT2D eigenvalue weighted by Crippen LogP contribution is -2.13.